The molecule has 5 nitrogen and oxygen atoms in total. The van der Waals surface area contributed by atoms with E-state index in [1.807, 2.05) is 10.8 Å². The first kappa shape index (κ1) is 11.2. The minimum atomic E-state index is 0.00667. The van der Waals surface area contributed by atoms with Gasteiger partial charge >= 0.3 is 0 Å². The molecular weight excluding hydrogens is 218 g/mol. The number of nitrogens with zero attached hydrogens (tertiary/aromatic N) is 3. The molecule has 2 fully saturated rings. The van der Waals surface area contributed by atoms with Crippen molar-refractivity contribution in [3.8, 4) is 0 Å². The van der Waals surface area contributed by atoms with Gasteiger partial charge in [-0.05, 0) is 19.4 Å². The zero-order valence-electron chi connectivity index (χ0n) is 9.96. The number of morpholine rings is 1. The average molecular weight is 237 g/mol. The summed E-state index contributed by atoms with van der Waals surface area (Å²) in [5.74, 6) is 0. The lowest BCUT2D eigenvalue weighted by Gasteiger charge is -2.35. The summed E-state index contributed by atoms with van der Waals surface area (Å²) in [5.41, 5.74) is 0.722. The second kappa shape index (κ2) is 4.76. The van der Waals surface area contributed by atoms with Crippen LogP contribution in [-0.2, 0) is 17.9 Å². The van der Waals surface area contributed by atoms with Crippen LogP contribution in [0.3, 0.4) is 0 Å². The second-order valence-corrected chi connectivity index (χ2v) is 4.97. The molecule has 1 N–H and O–H groups in total. The van der Waals surface area contributed by atoms with Crippen LogP contribution in [0.15, 0.2) is 12.5 Å². The molecular formula is C12H19N3O2. The monoisotopic (exact) mass is 237 g/mol. The van der Waals surface area contributed by atoms with Crippen molar-refractivity contribution in [1.29, 1.82) is 0 Å². The quantitative estimate of drug-likeness (QED) is 0.818. The van der Waals surface area contributed by atoms with Gasteiger partial charge in [-0.25, -0.2) is 4.98 Å². The maximum absolute atomic E-state index is 8.96. The van der Waals surface area contributed by atoms with Gasteiger partial charge in [0.2, 0.25) is 0 Å². The lowest BCUT2D eigenvalue weighted by atomic mass is 10.2. The molecule has 0 radical (unpaired) electrons. The standard InChI is InChI=1S/C12H19N3O2/c16-7-10-4-14(9-13-10)5-12-6-15-3-1-2-11(15)8-17-12/h4,9,11-12,16H,1-3,5-8H2. The first-order chi connectivity index (χ1) is 8.35. The van der Waals surface area contributed by atoms with Crippen molar-refractivity contribution < 1.29 is 9.84 Å². The highest BCUT2D eigenvalue weighted by Crippen LogP contribution is 2.23. The summed E-state index contributed by atoms with van der Waals surface area (Å²) in [4.78, 5) is 6.65. The molecule has 2 unspecified atom stereocenters. The lowest BCUT2D eigenvalue weighted by molar-refractivity contribution is -0.0551. The van der Waals surface area contributed by atoms with Gasteiger partial charge in [0.15, 0.2) is 0 Å². The number of aromatic nitrogens is 2. The minimum Gasteiger partial charge on any atom is -0.390 e. The van der Waals surface area contributed by atoms with Crippen LogP contribution in [-0.4, -0.2) is 51.4 Å². The van der Waals surface area contributed by atoms with Crippen LogP contribution in [0.25, 0.3) is 0 Å². The predicted molar refractivity (Wildman–Crippen MR) is 62.5 cm³/mol. The van der Waals surface area contributed by atoms with Gasteiger partial charge < -0.3 is 14.4 Å². The SMILES string of the molecule is OCc1cn(CC2CN3CCCC3CO2)cn1. The fraction of sp³-hybridized carbons (Fsp3) is 0.750. The fourth-order valence-corrected chi connectivity index (χ4v) is 2.82. The summed E-state index contributed by atoms with van der Waals surface area (Å²) in [7, 11) is 0. The summed E-state index contributed by atoms with van der Waals surface area (Å²) < 4.78 is 7.89. The van der Waals surface area contributed by atoms with E-state index in [1.54, 1.807) is 6.33 Å². The first-order valence-corrected chi connectivity index (χ1v) is 6.32. The van der Waals surface area contributed by atoms with Crippen molar-refractivity contribution in [2.24, 2.45) is 0 Å². The molecule has 3 heterocycles. The Labute approximate surface area is 101 Å². The summed E-state index contributed by atoms with van der Waals surface area (Å²) in [6.45, 7) is 3.95. The summed E-state index contributed by atoms with van der Waals surface area (Å²) in [5, 5.41) is 8.96. The highest BCUT2D eigenvalue weighted by Gasteiger charge is 2.32. The van der Waals surface area contributed by atoms with E-state index in [0.717, 1.165) is 25.4 Å². The molecule has 94 valence electrons. The molecule has 1 aromatic rings. The Hall–Kier alpha value is -0.910. The maximum atomic E-state index is 8.96. The molecule has 2 aliphatic heterocycles. The Morgan fingerprint density at radius 1 is 1.53 bits per heavy atom. The van der Waals surface area contributed by atoms with Crippen LogP contribution in [0.2, 0.25) is 0 Å². The normalized spacial score (nSPS) is 29.5. The fourth-order valence-electron chi connectivity index (χ4n) is 2.82. The number of hydrogen-bond donors (Lipinski definition) is 1. The van der Waals surface area contributed by atoms with Gasteiger partial charge in [0.05, 0.1) is 37.9 Å². The highest BCUT2D eigenvalue weighted by atomic mass is 16.5. The van der Waals surface area contributed by atoms with Crippen LogP contribution >= 0.6 is 0 Å². The summed E-state index contributed by atoms with van der Waals surface area (Å²) in [6.07, 6.45) is 6.50. The minimum absolute atomic E-state index is 0.00667. The van der Waals surface area contributed by atoms with Crippen LogP contribution in [0.4, 0.5) is 0 Å². The molecule has 2 atom stereocenters. The van der Waals surface area contributed by atoms with Gasteiger partial charge in [0, 0.05) is 18.8 Å². The average Bonchev–Trinajstić information content (AvgIpc) is 2.96. The van der Waals surface area contributed by atoms with Crippen LogP contribution in [0.1, 0.15) is 18.5 Å². The van der Waals surface area contributed by atoms with E-state index in [1.165, 1.54) is 19.4 Å². The second-order valence-electron chi connectivity index (χ2n) is 4.97. The van der Waals surface area contributed by atoms with E-state index >= 15 is 0 Å². The Morgan fingerprint density at radius 2 is 2.47 bits per heavy atom. The smallest absolute Gasteiger partial charge is 0.0951 e. The molecule has 0 spiro atoms. The van der Waals surface area contributed by atoms with Gasteiger partial charge in [-0.3, -0.25) is 4.90 Å². The Kier molecular flexibility index (Phi) is 3.13. The molecule has 0 aromatic carbocycles. The number of aliphatic hydroxyl groups excluding tert-OH is 1. The molecule has 2 aliphatic rings. The number of aliphatic hydroxyl groups is 1. The molecule has 17 heavy (non-hydrogen) atoms. The zero-order chi connectivity index (χ0) is 11.7. The zero-order valence-corrected chi connectivity index (χ0v) is 9.96. The third kappa shape index (κ3) is 2.36. The number of hydrogen-bond acceptors (Lipinski definition) is 4. The molecule has 0 amide bonds. The molecule has 2 saturated heterocycles. The molecule has 0 aliphatic carbocycles. The van der Waals surface area contributed by atoms with Crippen LogP contribution < -0.4 is 0 Å². The van der Waals surface area contributed by atoms with E-state index in [2.05, 4.69) is 9.88 Å². The van der Waals surface area contributed by atoms with Crippen molar-refractivity contribution in [3.63, 3.8) is 0 Å². The van der Waals surface area contributed by atoms with Gasteiger partial charge in [-0.15, -0.1) is 0 Å². The molecule has 0 saturated carbocycles. The molecule has 5 heteroatoms. The van der Waals surface area contributed by atoms with E-state index in [0.29, 0.717) is 6.04 Å². The predicted octanol–water partition coefficient (Wildman–Crippen LogP) is 0.239. The van der Waals surface area contributed by atoms with E-state index in [9.17, 15) is 0 Å². The number of fused-ring (bicyclic) bond motifs is 1. The summed E-state index contributed by atoms with van der Waals surface area (Å²) in [6, 6.07) is 0.655. The van der Waals surface area contributed by atoms with Crippen LogP contribution in [0, 0.1) is 0 Å². The third-order valence-electron chi connectivity index (χ3n) is 3.72. The lowest BCUT2D eigenvalue weighted by Crippen LogP contribution is -2.47. The topological polar surface area (TPSA) is 50.5 Å². The van der Waals surface area contributed by atoms with Crippen LogP contribution in [0.5, 0.6) is 0 Å². The van der Waals surface area contributed by atoms with Crippen molar-refractivity contribution in [2.45, 2.75) is 38.1 Å². The Bertz CT molecular complexity index is 380. The van der Waals surface area contributed by atoms with E-state index in [-0.39, 0.29) is 12.7 Å². The Balaban J connectivity index is 1.58. The summed E-state index contributed by atoms with van der Waals surface area (Å²) >= 11 is 0. The largest absolute Gasteiger partial charge is 0.390 e. The van der Waals surface area contributed by atoms with Crippen molar-refractivity contribution >= 4 is 0 Å². The van der Waals surface area contributed by atoms with Gasteiger partial charge in [0.1, 0.15) is 0 Å². The number of imidazole rings is 1. The van der Waals surface area contributed by atoms with E-state index < -0.39 is 0 Å². The molecule has 1 aromatic heterocycles. The molecule has 3 rings (SSSR count). The van der Waals surface area contributed by atoms with Gasteiger partial charge in [0.25, 0.3) is 0 Å². The van der Waals surface area contributed by atoms with Gasteiger partial charge in [-0.1, -0.05) is 0 Å². The van der Waals surface area contributed by atoms with Crippen molar-refractivity contribution in [3.05, 3.63) is 18.2 Å². The van der Waals surface area contributed by atoms with Crippen molar-refractivity contribution in [2.75, 3.05) is 19.7 Å². The number of ether oxygens (including phenoxy) is 1. The van der Waals surface area contributed by atoms with E-state index in [4.69, 9.17) is 9.84 Å². The Morgan fingerprint density at radius 3 is 3.29 bits per heavy atom. The molecule has 0 bridgehead atoms. The van der Waals surface area contributed by atoms with Crippen molar-refractivity contribution in [1.82, 2.24) is 14.5 Å². The third-order valence-corrected chi connectivity index (χ3v) is 3.72. The number of rotatable bonds is 3. The first-order valence-electron chi connectivity index (χ1n) is 6.32. The highest BCUT2D eigenvalue weighted by molar-refractivity contribution is 4.95. The van der Waals surface area contributed by atoms with Gasteiger partial charge in [-0.2, -0.15) is 0 Å². The maximum Gasteiger partial charge on any atom is 0.0951 e.